The minimum atomic E-state index is 0.551. The summed E-state index contributed by atoms with van der Waals surface area (Å²) in [5.74, 6) is 0. The molecule has 0 fully saturated rings. The Bertz CT molecular complexity index is 117. The van der Waals surface area contributed by atoms with Crippen molar-refractivity contribution in [3.05, 3.63) is 0 Å². The Morgan fingerprint density at radius 1 is 1.78 bits per heavy atom. The standard InChI is InChI=1S/C6H10N2O/c1-2-3-4-8(5-7)6-9/h6H,2-4H2,1H3. The summed E-state index contributed by atoms with van der Waals surface area (Å²) in [4.78, 5) is 11.0. The summed E-state index contributed by atoms with van der Waals surface area (Å²) >= 11 is 0. The summed E-state index contributed by atoms with van der Waals surface area (Å²) in [6.45, 7) is 2.57. The number of hydrogen-bond acceptors (Lipinski definition) is 2. The fourth-order valence-corrected chi connectivity index (χ4v) is 0.455. The lowest BCUT2D eigenvalue weighted by Gasteiger charge is -2.02. The molecular weight excluding hydrogens is 116 g/mol. The molecule has 50 valence electrons. The van der Waals surface area contributed by atoms with Crippen molar-refractivity contribution >= 4 is 6.41 Å². The van der Waals surface area contributed by atoms with E-state index < -0.39 is 0 Å². The number of hydrogen-bond donors (Lipinski definition) is 0. The molecule has 0 aliphatic heterocycles. The van der Waals surface area contributed by atoms with Crippen LogP contribution in [0.5, 0.6) is 0 Å². The molecule has 3 heteroatoms. The summed E-state index contributed by atoms with van der Waals surface area (Å²) in [5, 5.41) is 8.20. The van der Waals surface area contributed by atoms with Crippen LogP contribution in [-0.4, -0.2) is 17.9 Å². The lowest BCUT2D eigenvalue weighted by Crippen LogP contribution is -2.15. The van der Waals surface area contributed by atoms with Gasteiger partial charge < -0.3 is 0 Å². The van der Waals surface area contributed by atoms with E-state index in [9.17, 15) is 4.79 Å². The number of unbranched alkanes of at least 4 members (excludes halogenated alkanes) is 1. The first-order valence-corrected chi connectivity index (χ1v) is 2.96. The van der Waals surface area contributed by atoms with Gasteiger partial charge in [0, 0.05) is 6.54 Å². The zero-order chi connectivity index (χ0) is 7.11. The van der Waals surface area contributed by atoms with E-state index in [2.05, 4.69) is 0 Å². The van der Waals surface area contributed by atoms with Crippen molar-refractivity contribution in [2.75, 3.05) is 6.54 Å². The highest BCUT2D eigenvalue weighted by atomic mass is 16.1. The van der Waals surface area contributed by atoms with Crippen molar-refractivity contribution in [1.29, 1.82) is 5.26 Å². The molecule has 0 atom stereocenters. The van der Waals surface area contributed by atoms with Crippen molar-refractivity contribution in [3.63, 3.8) is 0 Å². The highest BCUT2D eigenvalue weighted by Crippen LogP contribution is 1.88. The Morgan fingerprint density at radius 3 is 2.78 bits per heavy atom. The molecule has 9 heavy (non-hydrogen) atoms. The van der Waals surface area contributed by atoms with Crippen LogP contribution in [0.15, 0.2) is 0 Å². The van der Waals surface area contributed by atoms with Gasteiger partial charge in [-0.1, -0.05) is 13.3 Å². The Kier molecular flexibility index (Phi) is 4.51. The Morgan fingerprint density at radius 2 is 2.44 bits per heavy atom. The van der Waals surface area contributed by atoms with Crippen LogP contribution in [-0.2, 0) is 4.79 Å². The molecule has 0 unspecified atom stereocenters. The van der Waals surface area contributed by atoms with Crippen LogP contribution in [0.25, 0.3) is 0 Å². The SMILES string of the molecule is CCCCN(C#N)C=O. The largest absolute Gasteiger partial charge is 0.278 e. The maximum Gasteiger partial charge on any atom is 0.222 e. The summed E-state index contributed by atoms with van der Waals surface area (Å²) in [5.41, 5.74) is 0. The zero-order valence-electron chi connectivity index (χ0n) is 5.50. The molecule has 3 nitrogen and oxygen atoms in total. The minimum absolute atomic E-state index is 0.551. The molecule has 0 radical (unpaired) electrons. The average molecular weight is 126 g/mol. The van der Waals surface area contributed by atoms with Crippen molar-refractivity contribution in [2.45, 2.75) is 19.8 Å². The van der Waals surface area contributed by atoms with Gasteiger partial charge in [0.25, 0.3) is 0 Å². The van der Waals surface area contributed by atoms with Gasteiger partial charge in [0.1, 0.15) is 0 Å². The normalized spacial score (nSPS) is 8.00. The van der Waals surface area contributed by atoms with Gasteiger partial charge in [0.15, 0.2) is 6.19 Å². The molecule has 0 N–H and O–H groups in total. The Hall–Kier alpha value is -1.04. The van der Waals surface area contributed by atoms with Crippen LogP contribution < -0.4 is 0 Å². The molecule has 0 aliphatic carbocycles. The van der Waals surface area contributed by atoms with Gasteiger partial charge in [-0.15, -0.1) is 0 Å². The van der Waals surface area contributed by atoms with E-state index in [4.69, 9.17) is 5.26 Å². The highest BCUT2D eigenvalue weighted by Gasteiger charge is 1.94. The van der Waals surface area contributed by atoms with Crippen molar-refractivity contribution in [3.8, 4) is 6.19 Å². The first-order chi connectivity index (χ1) is 4.35. The number of amides is 1. The van der Waals surface area contributed by atoms with Crippen LogP contribution in [0, 0.1) is 11.5 Å². The molecular formula is C6H10N2O. The summed E-state index contributed by atoms with van der Waals surface area (Å²) in [7, 11) is 0. The predicted octanol–water partition coefficient (Wildman–Crippen LogP) is 0.726. The molecule has 0 spiro atoms. The molecule has 1 amide bonds. The molecule has 0 saturated heterocycles. The molecule has 0 bridgehead atoms. The summed E-state index contributed by atoms with van der Waals surface area (Å²) in [6.07, 6.45) is 4.20. The van der Waals surface area contributed by atoms with Crippen molar-refractivity contribution in [2.24, 2.45) is 0 Å². The molecule has 0 aromatic heterocycles. The number of rotatable bonds is 4. The lowest BCUT2D eigenvalue weighted by atomic mass is 10.3. The molecule has 0 heterocycles. The number of nitrogens with zero attached hydrogens (tertiary/aromatic N) is 2. The third kappa shape index (κ3) is 3.53. The first kappa shape index (κ1) is 7.96. The van der Waals surface area contributed by atoms with Gasteiger partial charge in [-0.25, -0.2) is 0 Å². The topological polar surface area (TPSA) is 44.1 Å². The van der Waals surface area contributed by atoms with Gasteiger partial charge in [-0.3, -0.25) is 9.69 Å². The van der Waals surface area contributed by atoms with Crippen LogP contribution in [0.3, 0.4) is 0 Å². The van der Waals surface area contributed by atoms with Gasteiger partial charge >= 0.3 is 0 Å². The van der Waals surface area contributed by atoms with Gasteiger partial charge in [-0.05, 0) is 6.42 Å². The van der Waals surface area contributed by atoms with E-state index in [1.54, 1.807) is 6.19 Å². The van der Waals surface area contributed by atoms with Gasteiger partial charge in [-0.2, -0.15) is 5.26 Å². The first-order valence-electron chi connectivity index (χ1n) is 2.96. The van der Waals surface area contributed by atoms with E-state index >= 15 is 0 Å². The second kappa shape index (κ2) is 5.10. The fraction of sp³-hybridized carbons (Fsp3) is 0.667. The van der Waals surface area contributed by atoms with Crippen LogP contribution in [0.1, 0.15) is 19.8 Å². The molecule has 0 saturated carbocycles. The van der Waals surface area contributed by atoms with Crippen LogP contribution in [0.4, 0.5) is 0 Å². The third-order valence-electron chi connectivity index (χ3n) is 1.01. The second-order valence-electron chi connectivity index (χ2n) is 1.75. The Labute approximate surface area is 54.9 Å². The van der Waals surface area contributed by atoms with Gasteiger partial charge in [0.2, 0.25) is 6.41 Å². The third-order valence-corrected chi connectivity index (χ3v) is 1.01. The van der Waals surface area contributed by atoms with Crippen molar-refractivity contribution in [1.82, 2.24) is 4.90 Å². The molecule has 0 aromatic carbocycles. The van der Waals surface area contributed by atoms with Gasteiger partial charge in [0.05, 0.1) is 0 Å². The lowest BCUT2D eigenvalue weighted by molar-refractivity contribution is -0.115. The smallest absolute Gasteiger partial charge is 0.222 e. The predicted molar refractivity (Wildman–Crippen MR) is 33.3 cm³/mol. The number of carbonyl (C=O) groups excluding carboxylic acids is 1. The van der Waals surface area contributed by atoms with E-state index in [0.717, 1.165) is 17.7 Å². The van der Waals surface area contributed by atoms with Crippen molar-refractivity contribution < 1.29 is 4.79 Å². The quantitative estimate of drug-likeness (QED) is 0.316. The zero-order valence-corrected chi connectivity index (χ0v) is 5.50. The average Bonchev–Trinajstić information content (AvgIpc) is 1.91. The monoisotopic (exact) mass is 126 g/mol. The minimum Gasteiger partial charge on any atom is -0.278 e. The van der Waals surface area contributed by atoms with E-state index in [0.29, 0.717) is 13.0 Å². The van der Waals surface area contributed by atoms with Crippen LogP contribution >= 0.6 is 0 Å². The second-order valence-corrected chi connectivity index (χ2v) is 1.75. The fourth-order valence-electron chi connectivity index (χ4n) is 0.455. The maximum absolute atomic E-state index is 9.95. The molecule has 0 aliphatic rings. The van der Waals surface area contributed by atoms with E-state index in [1.165, 1.54) is 0 Å². The Balaban J connectivity index is 3.34. The molecule has 0 aromatic rings. The highest BCUT2D eigenvalue weighted by molar-refractivity contribution is 5.49. The number of nitriles is 1. The van der Waals surface area contributed by atoms with E-state index in [1.807, 2.05) is 6.92 Å². The number of carbonyl (C=O) groups is 1. The maximum atomic E-state index is 9.95. The van der Waals surface area contributed by atoms with E-state index in [-0.39, 0.29) is 0 Å². The summed E-state index contributed by atoms with van der Waals surface area (Å²) in [6, 6.07) is 0. The van der Waals surface area contributed by atoms with Crippen LogP contribution in [0.2, 0.25) is 0 Å². The summed E-state index contributed by atoms with van der Waals surface area (Å²) < 4.78 is 0. The molecule has 0 rings (SSSR count).